The van der Waals surface area contributed by atoms with Crippen molar-refractivity contribution < 1.29 is 14.1 Å². The van der Waals surface area contributed by atoms with E-state index in [1.54, 1.807) is 0 Å². The van der Waals surface area contributed by atoms with Crippen LogP contribution in [0.4, 0.5) is 0 Å². The molecule has 0 radical (unpaired) electrons. The van der Waals surface area contributed by atoms with Gasteiger partial charge < -0.3 is 9.31 Å². The summed E-state index contributed by atoms with van der Waals surface area (Å²) in [5.41, 5.74) is 3.41. The molecule has 2 aromatic carbocycles. The molecule has 4 heteroatoms. The van der Waals surface area contributed by atoms with Crippen LogP contribution in [0.3, 0.4) is 0 Å². The monoisotopic (exact) mass is 376 g/mol. The first kappa shape index (κ1) is 19.4. The number of ketones is 1. The zero-order valence-electron chi connectivity index (χ0n) is 17.7. The Morgan fingerprint density at radius 2 is 1.43 bits per heavy atom. The summed E-state index contributed by atoms with van der Waals surface area (Å²) in [6.07, 6.45) is 0.725. The standard InChI is InChI=1S/C24H29BO3/c1-22(2)20-10-8-7-9-18(20)19(21(22)26)15-16-11-13-17(14-12-16)25-27-23(3,4)24(5,6)28-25/h7-14,19H,15H2,1-6H3/t19-/m1/s1. The van der Waals surface area contributed by atoms with Crippen LogP contribution in [0.5, 0.6) is 0 Å². The van der Waals surface area contributed by atoms with E-state index in [0.717, 1.165) is 17.4 Å². The Bertz CT molecular complexity index is 896. The minimum atomic E-state index is -0.413. The average Bonchev–Trinajstić information content (AvgIpc) is 2.97. The van der Waals surface area contributed by atoms with Crippen molar-refractivity contribution in [2.75, 3.05) is 0 Å². The van der Waals surface area contributed by atoms with E-state index >= 15 is 0 Å². The van der Waals surface area contributed by atoms with E-state index in [4.69, 9.17) is 9.31 Å². The van der Waals surface area contributed by atoms with Crippen LogP contribution in [0.2, 0.25) is 0 Å². The molecule has 1 fully saturated rings. The largest absolute Gasteiger partial charge is 0.494 e. The molecule has 1 aliphatic carbocycles. The Morgan fingerprint density at radius 1 is 0.857 bits per heavy atom. The summed E-state index contributed by atoms with van der Waals surface area (Å²) in [5.74, 6) is 0.234. The molecule has 0 unspecified atom stereocenters. The van der Waals surface area contributed by atoms with Gasteiger partial charge in [-0.15, -0.1) is 0 Å². The van der Waals surface area contributed by atoms with Crippen LogP contribution in [-0.4, -0.2) is 24.1 Å². The molecule has 0 aromatic heterocycles. The van der Waals surface area contributed by atoms with Gasteiger partial charge in [-0.2, -0.15) is 0 Å². The fraction of sp³-hybridized carbons (Fsp3) is 0.458. The van der Waals surface area contributed by atoms with E-state index in [-0.39, 0.29) is 24.2 Å². The van der Waals surface area contributed by atoms with Gasteiger partial charge in [-0.25, -0.2) is 0 Å². The maximum Gasteiger partial charge on any atom is 0.494 e. The molecule has 146 valence electrons. The maximum atomic E-state index is 13.1. The molecular weight excluding hydrogens is 347 g/mol. The molecule has 0 N–H and O–H groups in total. The van der Waals surface area contributed by atoms with Gasteiger partial charge in [0, 0.05) is 11.3 Å². The lowest BCUT2D eigenvalue weighted by Crippen LogP contribution is -2.41. The minimum absolute atomic E-state index is 0.0751. The molecule has 3 nitrogen and oxygen atoms in total. The Kier molecular flexibility index (Phi) is 4.37. The van der Waals surface area contributed by atoms with E-state index in [2.05, 4.69) is 64.1 Å². The normalized spacial score (nSPS) is 24.4. The van der Waals surface area contributed by atoms with Crippen LogP contribution in [0.1, 0.15) is 64.2 Å². The zero-order chi connectivity index (χ0) is 20.3. The maximum absolute atomic E-state index is 13.1. The molecule has 1 atom stereocenters. The number of benzene rings is 2. The van der Waals surface area contributed by atoms with Crippen LogP contribution in [0, 0.1) is 0 Å². The van der Waals surface area contributed by atoms with E-state index < -0.39 is 5.41 Å². The predicted octanol–water partition coefficient (Wildman–Crippen LogP) is 4.17. The molecular formula is C24H29BO3. The average molecular weight is 376 g/mol. The first-order valence-corrected chi connectivity index (χ1v) is 10.1. The molecule has 2 aromatic rings. The smallest absolute Gasteiger partial charge is 0.399 e. The molecule has 4 rings (SSSR count). The Balaban J connectivity index is 1.54. The molecule has 1 saturated heterocycles. The molecule has 1 heterocycles. The van der Waals surface area contributed by atoms with Crippen LogP contribution < -0.4 is 5.46 Å². The summed E-state index contributed by atoms with van der Waals surface area (Å²) < 4.78 is 12.3. The third-order valence-electron chi connectivity index (χ3n) is 6.89. The number of Topliss-reactive ketones (excluding diaryl/α,β-unsaturated/α-hetero) is 1. The highest BCUT2D eigenvalue weighted by Gasteiger charge is 2.51. The van der Waals surface area contributed by atoms with Crippen molar-refractivity contribution in [3.8, 4) is 0 Å². The van der Waals surface area contributed by atoms with E-state index in [1.807, 2.05) is 26.0 Å². The third-order valence-corrected chi connectivity index (χ3v) is 6.89. The number of rotatable bonds is 3. The lowest BCUT2D eigenvalue weighted by Gasteiger charge is -2.32. The lowest BCUT2D eigenvalue weighted by molar-refractivity contribution is -0.123. The summed E-state index contributed by atoms with van der Waals surface area (Å²) in [5, 5.41) is 0. The molecule has 28 heavy (non-hydrogen) atoms. The van der Waals surface area contributed by atoms with Crippen molar-refractivity contribution in [1.29, 1.82) is 0 Å². The highest BCUT2D eigenvalue weighted by molar-refractivity contribution is 6.62. The van der Waals surface area contributed by atoms with Crippen LogP contribution >= 0.6 is 0 Å². The highest BCUT2D eigenvalue weighted by Crippen LogP contribution is 2.44. The van der Waals surface area contributed by atoms with Gasteiger partial charge in [0.05, 0.1) is 11.2 Å². The Morgan fingerprint density at radius 3 is 2.04 bits per heavy atom. The SMILES string of the molecule is CC1(C)C(=O)[C@H](Cc2ccc(B3OC(C)(C)C(C)(C)O3)cc2)c2ccccc21. The van der Waals surface area contributed by atoms with Gasteiger partial charge in [0.15, 0.2) is 5.78 Å². The number of fused-ring (bicyclic) bond motifs is 1. The van der Waals surface area contributed by atoms with E-state index in [0.29, 0.717) is 5.78 Å². The number of carbonyl (C=O) groups is 1. The second-order valence-electron chi connectivity index (χ2n) is 9.66. The van der Waals surface area contributed by atoms with Crippen LogP contribution in [0.25, 0.3) is 0 Å². The predicted molar refractivity (Wildman–Crippen MR) is 113 cm³/mol. The molecule has 0 spiro atoms. The lowest BCUT2D eigenvalue weighted by atomic mass is 9.78. The second kappa shape index (κ2) is 6.30. The number of carbonyl (C=O) groups excluding carboxylic acids is 1. The molecule has 0 amide bonds. The van der Waals surface area contributed by atoms with Crippen molar-refractivity contribution >= 4 is 18.4 Å². The van der Waals surface area contributed by atoms with Gasteiger partial charge in [-0.1, -0.05) is 48.5 Å². The third kappa shape index (κ3) is 2.94. The Labute approximate surface area is 168 Å². The molecule has 0 bridgehead atoms. The number of hydrogen-bond acceptors (Lipinski definition) is 3. The van der Waals surface area contributed by atoms with Gasteiger partial charge in [0.2, 0.25) is 0 Å². The van der Waals surface area contributed by atoms with Gasteiger partial charge >= 0.3 is 7.12 Å². The first-order chi connectivity index (χ1) is 13.0. The van der Waals surface area contributed by atoms with Gasteiger partial charge in [-0.05, 0) is 70.1 Å². The molecule has 0 saturated carbocycles. The molecule has 2 aliphatic rings. The second-order valence-corrected chi connectivity index (χ2v) is 9.66. The minimum Gasteiger partial charge on any atom is -0.399 e. The van der Waals surface area contributed by atoms with Crippen molar-refractivity contribution in [3.63, 3.8) is 0 Å². The van der Waals surface area contributed by atoms with Gasteiger partial charge in [0.25, 0.3) is 0 Å². The molecule has 1 aliphatic heterocycles. The summed E-state index contributed by atoms with van der Waals surface area (Å²) in [7, 11) is -0.355. The summed E-state index contributed by atoms with van der Waals surface area (Å²) in [4.78, 5) is 13.1. The Hall–Kier alpha value is -1.91. The van der Waals surface area contributed by atoms with E-state index in [9.17, 15) is 4.79 Å². The van der Waals surface area contributed by atoms with Crippen molar-refractivity contribution in [1.82, 2.24) is 0 Å². The van der Waals surface area contributed by atoms with Crippen molar-refractivity contribution in [2.24, 2.45) is 0 Å². The van der Waals surface area contributed by atoms with Crippen molar-refractivity contribution in [2.45, 2.75) is 70.5 Å². The number of hydrogen-bond donors (Lipinski definition) is 0. The summed E-state index contributed by atoms with van der Waals surface area (Å²) >= 11 is 0. The first-order valence-electron chi connectivity index (χ1n) is 10.1. The van der Waals surface area contributed by atoms with E-state index in [1.165, 1.54) is 11.1 Å². The fourth-order valence-electron chi connectivity index (χ4n) is 4.31. The van der Waals surface area contributed by atoms with Gasteiger partial charge in [0.1, 0.15) is 0 Å². The zero-order valence-corrected chi connectivity index (χ0v) is 17.7. The topological polar surface area (TPSA) is 35.5 Å². The summed E-state index contributed by atoms with van der Waals surface area (Å²) in [6.45, 7) is 12.3. The quantitative estimate of drug-likeness (QED) is 0.755. The highest BCUT2D eigenvalue weighted by atomic mass is 16.7. The van der Waals surface area contributed by atoms with Crippen LogP contribution in [0.15, 0.2) is 48.5 Å². The summed E-state index contributed by atoms with van der Waals surface area (Å²) in [6, 6.07) is 16.6. The fourth-order valence-corrected chi connectivity index (χ4v) is 4.31. The van der Waals surface area contributed by atoms with Gasteiger partial charge in [-0.3, -0.25) is 4.79 Å². The van der Waals surface area contributed by atoms with Crippen molar-refractivity contribution in [3.05, 3.63) is 65.2 Å². The van der Waals surface area contributed by atoms with Crippen LogP contribution in [-0.2, 0) is 25.9 Å².